The lowest BCUT2D eigenvalue weighted by Gasteiger charge is -2.28. The Bertz CT molecular complexity index is 188. The van der Waals surface area contributed by atoms with Crippen molar-refractivity contribution in [1.29, 1.82) is 0 Å². The Hall–Kier alpha value is -1.14. The highest BCUT2D eigenvalue weighted by atomic mass is 16.6. The molecule has 0 spiro atoms. The summed E-state index contributed by atoms with van der Waals surface area (Å²) in [5, 5.41) is 17.1. The summed E-state index contributed by atoms with van der Waals surface area (Å²) in [5.74, 6) is -3.07. The molecule has 1 fully saturated rings. The van der Waals surface area contributed by atoms with Gasteiger partial charge in [0.1, 0.15) is 0 Å². The monoisotopic (exact) mass is 176 g/mol. The first kappa shape index (κ1) is 8.95. The van der Waals surface area contributed by atoms with Crippen molar-refractivity contribution >= 4 is 11.9 Å². The van der Waals surface area contributed by atoms with Gasteiger partial charge in [-0.15, -0.1) is 0 Å². The van der Waals surface area contributed by atoms with Gasteiger partial charge in [0.05, 0.1) is 19.8 Å². The molecule has 0 unspecified atom stereocenters. The van der Waals surface area contributed by atoms with Crippen LogP contribution in [0, 0.1) is 0 Å². The number of carbonyl (C=O) groups is 2. The van der Waals surface area contributed by atoms with E-state index in [1.54, 1.807) is 0 Å². The Labute approximate surface area is 67.7 Å². The van der Waals surface area contributed by atoms with Crippen LogP contribution in [0.5, 0.6) is 0 Å². The summed E-state index contributed by atoms with van der Waals surface area (Å²) in [6.45, 7) is -0.238. The van der Waals surface area contributed by atoms with E-state index < -0.39 is 24.1 Å². The lowest BCUT2D eigenvalue weighted by molar-refractivity contribution is -0.206. The molecule has 0 aromatic rings. The lowest BCUT2D eigenvalue weighted by Crippen LogP contribution is -2.55. The number of aliphatic carboxylic acids is 2. The Kier molecular flexibility index (Phi) is 2.30. The summed E-state index contributed by atoms with van der Waals surface area (Å²) in [6, 6.07) is 0. The zero-order valence-corrected chi connectivity index (χ0v) is 6.15. The van der Waals surface area contributed by atoms with E-state index in [1.165, 1.54) is 0 Å². The number of rotatable bonds is 2. The Morgan fingerprint density at radius 3 is 2.00 bits per heavy atom. The molecule has 2 N–H and O–H groups in total. The van der Waals surface area contributed by atoms with Crippen LogP contribution in [0.3, 0.4) is 0 Å². The average Bonchev–Trinajstić information content (AvgIpc) is 2.05. The molecule has 12 heavy (non-hydrogen) atoms. The minimum absolute atomic E-state index is 0.0153. The molecule has 1 heterocycles. The van der Waals surface area contributed by atoms with Gasteiger partial charge in [-0.05, 0) is 0 Å². The Morgan fingerprint density at radius 1 is 1.17 bits per heavy atom. The molecule has 1 aliphatic rings. The maximum atomic E-state index is 10.5. The second kappa shape index (κ2) is 3.08. The van der Waals surface area contributed by atoms with Gasteiger partial charge in [-0.25, -0.2) is 9.59 Å². The molecule has 1 saturated heterocycles. The molecule has 0 atom stereocenters. The van der Waals surface area contributed by atoms with Crippen LogP contribution in [0.4, 0.5) is 0 Å². The highest BCUT2D eigenvalue weighted by molar-refractivity contribution is 6.02. The predicted octanol–water partition coefficient (Wildman–Crippen LogP) is -1.06. The van der Waals surface area contributed by atoms with Gasteiger partial charge >= 0.3 is 11.9 Å². The van der Waals surface area contributed by atoms with Crippen molar-refractivity contribution in [3.05, 3.63) is 0 Å². The van der Waals surface area contributed by atoms with Crippen LogP contribution in [0.15, 0.2) is 0 Å². The maximum Gasteiger partial charge on any atom is 0.350 e. The molecule has 0 aromatic heterocycles. The Morgan fingerprint density at radius 2 is 1.75 bits per heavy atom. The van der Waals surface area contributed by atoms with E-state index in [0.717, 1.165) is 0 Å². The van der Waals surface area contributed by atoms with Crippen molar-refractivity contribution in [2.75, 3.05) is 19.8 Å². The number of ether oxygens (including phenoxy) is 2. The third kappa shape index (κ3) is 1.26. The average molecular weight is 176 g/mol. The van der Waals surface area contributed by atoms with Gasteiger partial charge in [-0.1, -0.05) is 0 Å². The van der Waals surface area contributed by atoms with E-state index >= 15 is 0 Å². The van der Waals surface area contributed by atoms with Gasteiger partial charge in [0.2, 0.25) is 0 Å². The largest absolute Gasteiger partial charge is 0.479 e. The fourth-order valence-corrected chi connectivity index (χ4v) is 0.871. The first-order valence-corrected chi connectivity index (χ1v) is 3.28. The normalized spacial score (nSPS) is 21.7. The minimum atomic E-state index is -2.21. The summed E-state index contributed by atoms with van der Waals surface area (Å²) in [7, 11) is 0. The van der Waals surface area contributed by atoms with Gasteiger partial charge in [-0.2, -0.15) is 0 Å². The van der Waals surface area contributed by atoms with Crippen LogP contribution >= 0.6 is 0 Å². The van der Waals surface area contributed by atoms with Gasteiger partial charge < -0.3 is 19.7 Å². The molecule has 0 radical (unpaired) electrons. The molecule has 0 saturated carbocycles. The number of carboxylic acid groups (broad SMARTS) is 2. The quantitative estimate of drug-likeness (QED) is 0.521. The number of hydrogen-bond donors (Lipinski definition) is 2. The van der Waals surface area contributed by atoms with E-state index in [-0.39, 0.29) is 13.2 Å². The first-order valence-electron chi connectivity index (χ1n) is 3.28. The topological polar surface area (TPSA) is 93.1 Å². The summed E-state index contributed by atoms with van der Waals surface area (Å²) < 4.78 is 9.39. The molecule has 0 aliphatic carbocycles. The maximum absolute atomic E-state index is 10.5. The van der Waals surface area contributed by atoms with Crippen LogP contribution in [-0.2, 0) is 19.1 Å². The molecule has 1 rings (SSSR count). The minimum Gasteiger partial charge on any atom is -0.479 e. The van der Waals surface area contributed by atoms with E-state index in [9.17, 15) is 9.59 Å². The second-order valence-electron chi connectivity index (χ2n) is 2.34. The summed E-state index contributed by atoms with van der Waals surface area (Å²) >= 11 is 0. The summed E-state index contributed by atoms with van der Waals surface area (Å²) in [4.78, 5) is 21.1. The first-order chi connectivity index (χ1) is 5.59. The van der Waals surface area contributed by atoms with Gasteiger partial charge in [0.15, 0.2) is 0 Å². The molecule has 1 aliphatic heterocycles. The predicted molar refractivity (Wildman–Crippen MR) is 34.8 cm³/mol. The highest BCUT2D eigenvalue weighted by Crippen LogP contribution is 2.16. The molecule has 0 aromatic carbocycles. The molecular formula is C6H8O6. The van der Waals surface area contributed by atoms with Gasteiger partial charge in [0.25, 0.3) is 5.60 Å². The van der Waals surface area contributed by atoms with Gasteiger partial charge in [0, 0.05) is 0 Å². The standard InChI is InChI=1S/C6H8O6/c7-4(8)6(5(9)10)3-11-1-2-12-6/h1-3H2,(H,7,8)(H,9,10). The molecule has 6 heteroatoms. The van der Waals surface area contributed by atoms with Crippen LogP contribution in [0.25, 0.3) is 0 Å². The third-order valence-corrected chi connectivity index (χ3v) is 1.57. The lowest BCUT2D eigenvalue weighted by atomic mass is 10.1. The van der Waals surface area contributed by atoms with Crippen molar-refractivity contribution in [3.8, 4) is 0 Å². The zero-order valence-electron chi connectivity index (χ0n) is 6.15. The van der Waals surface area contributed by atoms with Crippen molar-refractivity contribution < 1.29 is 29.3 Å². The van der Waals surface area contributed by atoms with E-state index in [2.05, 4.69) is 4.74 Å². The number of carboxylic acids is 2. The van der Waals surface area contributed by atoms with Crippen molar-refractivity contribution in [2.45, 2.75) is 5.60 Å². The second-order valence-corrected chi connectivity index (χ2v) is 2.34. The molecular weight excluding hydrogens is 168 g/mol. The SMILES string of the molecule is O=C(O)C1(C(=O)O)COCCO1. The summed E-state index contributed by atoms with van der Waals surface area (Å²) in [5.41, 5.74) is -2.21. The summed E-state index contributed by atoms with van der Waals surface area (Å²) in [6.07, 6.45) is 0. The van der Waals surface area contributed by atoms with E-state index in [0.29, 0.717) is 0 Å². The Balaban J connectivity index is 2.84. The van der Waals surface area contributed by atoms with Crippen molar-refractivity contribution in [1.82, 2.24) is 0 Å². The van der Waals surface area contributed by atoms with Crippen molar-refractivity contribution in [3.63, 3.8) is 0 Å². The third-order valence-electron chi connectivity index (χ3n) is 1.57. The van der Waals surface area contributed by atoms with E-state index in [4.69, 9.17) is 14.9 Å². The molecule has 68 valence electrons. The van der Waals surface area contributed by atoms with Crippen LogP contribution in [-0.4, -0.2) is 47.6 Å². The van der Waals surface area contributed by atoms with E-state index in [1.807, 2.05) is 0 Å². The fraction of sp³-hybridized carbons (Fsp3) is 0.667. The smallest absolute Gasteiger partial charge is 0.350 e. The van der Waals surface area contributed by atoms with Crippen LogP contribution < -0.4 is 0 Å². The molecule has 0 amide bonds. The zero-order chi connectivity index (χ0) is 9.19. The molecule has 0 bridgehead atoms. The fourth-order valence-electron chi connectivity index (χ4n) is 0.871. The van der Waals surface area contributed by atoms with Crippen LogP contribution in [0.1, 0.15) is 0 Å². The van der Waals surface area contributed by atoms with Crippen LogP contribution in [0.2, 0.25) is 0 Å². The number of hydrogen-bond acceptors (Lipinski definition) is 4. The van der Waals surface area contributed by atoms with Crippen molar-refractivity contribution in [2.24, 2.45) is 0 Å². The molecule has 6 nitrogen and oxygen atoms in total. The highest BCUT2D eigenvalue weighted by Gasteiger charge is 2.50. The van der Waals surface area contributed by atoms with Gasteiger partial charge in [-0.3, -0.25) is 0 Å².